The van der Waals surface area contributed by atoms with Crippen molar-refractivity contribution in [3.63, 3.8) is 0 Å². The maximum absolute atomic E-state index is 12.5. The van der Waals surface area contributed by atoms with E-state index in [0.29, 0.717) is 31.1 Å². The number of ether oxygens (including phenoxy) is 1. The molecule has 5 nitrogen and oxygen atoms in total. The van der Waals surface area contributed by atoms with Crippen molar-refractivity contribution in [1.82, 2.24) is 9.62 Å². The molecule has 1 aliphatic rings. The van der Waals surface area contributed by atoms with E-state index in [1.165, 1.54) is 0 Å². The van der Waals surface area contributed by atoms with Crippen molar-refractivity contribution < 1.29 is 13.2 Å². The normalized spacial score (nSPS) is 21.5. The minimum atomic E-state index is -3.40. The van der Waals surface area contributed by atoms with E-state index >= 15 is 0 Å². The zero-order chi connectivity index (χ0) is 13.9. The van der Waals surface area contributed by atoms with Crippen LogP contribution >= 0.6 is 0 Å². The monoisotopic (exact) mass is 284 g/mol. The van der Waals surface area contributed by atoms with E-state index < -0.39 is 10.0 Å². The molecule has 6 heteroatoms. The number of benzene rings is 1. The van der Waals surface area contributed by atoms with Crippen molar-refractivity contribution in [3.8, 4) is 0 Å². The summed E-state index contributed by atoms with van der Waals surface area (Å²) in [5.41, 5.74) is 0.867. The second-order valence-electron chi connectivity index (χ2n) is 4.80. The smallest absolute Gasteiger partial charge is 0.243 e. The van der Waals surface area contributed by atoms with Crippen LogP contribution in [0.1, 0.15) is 12.5 Å². The number of nitrogens with zero attached hydrogens (tertiary/aromatic N) is 1. The molecule has 1 N–H and O–H groups in total. The van der Waals surface area contributed by atoms with Gasteiger partial charge in [-0.3, -0.25) is 0 Å². The van der Waals surface area contributed by atoms with E-state index in [1.807, 2.05) is 13.0 Å². The summed E-state index contributed by atoms with van der Waals surface area (Å²) in [6, 6.07) is 7.13. The van der Waals surface area contributed by atoms with Crippen molar-refractivity contribution in [2.24, 2.45) is 0 Å². The summed E-state index contributed by atoms with van der Waals surface area (Å²) in [7, 11) is -1.80. The molecular weight excluding hydrogens is 264 g/mol. The molecule has 106 valence electrons. The number of sulfonamides is 1. The Morgan fingerprint density at radius 3 is 2.95 bits per heavy atom. The standard InChI is InChI=1S/C13H20N2O3S/c1-11-9-15(7-6-14-11)19(16,17)13-5-3-4-12(8-13)10-18-2/h3-5,8,11,14H,6-7,9-10H2,1-2H3. The van der Waals surface area contributed by atoms with Crippen molar-refractivity contribution in [2.45, 2.75) is 24.5 Å². The molecule has 0 radical (unpaired) electrons. The van der Waals surface area contributed by atoms with Crippen molar-refractivity contribution in [2.75, 3.05) is 26.7 Å². The van der Waals surface area contributed by atoms with Gasteiger partial charge in [0.05, 0.1) is 11.5 Å². The minimum Gasteiger partial charge on any atom is -0.380 e. The highest BCUT2D eigenvalue weighted by Crippen LogP contribution is 2.18. The molecule has 0 spiro atoms. The lowest BCUT2D eigenvalue weighted by Gasteiger charge is -2.31. The number of hydrogen-bond donors (Lipinski definition) is 1. The summed E-state index contributed by atoms with van der Waals surface area (Å²) in [5, 5.41) is 3.24. The van der Waals surface area contributed by atoms with E-state index in [4.69, 9.17) is 4.74 Å². The molecule has 0 bridgehead atoms. The van der Waals surface area contributed by atoms with Crippen molar-refractivity contribution >= 4 is 10.0 Å². The largest absolute Gasteiger partial charge is 0.380 e. The van der Waals surface area contributed by atoms with Gasteiger partial charge >= 0.3 is 0 Å². The Bertz CT molecular complexity index is 530. The van der Waals surface area contributed by atoms with Crippen LogP contribution in [0.25, 0.3) is 0 Å². The van der Waals surface area contributed by atoms with Crippen LogP contribution in [0.2, 0.25) is 0 Å². The fraction of sp³-hybridized carbons (Fsp3) is 0.538. The molecule has 1 heterocycles. The molecule has 0 saturated carbocycles. The summed E-state index contributed by atoms with van der Waals surface area (Å²) in [5.74, 6) is 0. The van der Waals surface area contributed by atoms with Gasteiger partial charge in [0.2, 0.25) is 10.0 Å². The third kappa shape index (κ3) is 3.33. The van der Waals surface area contributed by atoms with Crippen LogP contribution in [0.4, 0.5) is 0 Å². The van der Waals surface area contributed by atoms with Crippen LogP contribution in [-0.2, 0) is 21.4 Å². The number of piperazine rings is 1. The quantitative estimate of drug-likeness (QED) is 0.889. The first-order chi connectivity index (χ1) is 9.04. The molecule has 1 unspecified atom stereocenters. The van der Waals surface area contributed by atoms with Crippen LogP contribution in [-0.4, -0.2) is 45.5 Å². The Morgan fingerprint density at radius 1 is 1.47 bits per heavy atom. The molecule has 1 aromatic carbocycles. The van der Waals surface area contributed by atoms with Gasteiger partial charge < -0.3 is 10.1 Å². The Morgan fingerprint density at radius 2 is 2.26 bits per heavy atom. The first-order valence-corrected chi connectivity index (χ1v) is 7.79. The fourth-order valence-corrected chi connectivity index (χ4v) is 3.83. The third-order valence-electron chi connectivity index (χ3n) is 3.18. The van der Waals surface area contributed by atoms with E-state index in [0.717, 1.165) is 5.56 Å². The lowest BCUT2D eigenvalue weighted by atomic mass is 10.2. The van der Waals surface area contributed by atoms with Crippen LogP contribution in [0.3, 0.4) is 0 Å². The predicted octanol–water partition coefficient (Wildman–Crippen LogP) is 0.815. The molecule has 0 amide bonds. The molecule has 0 aliphatic carbocycles. The van der Waals surface area contributed by atoms with Crippen LogP contribution in [0.5, 0.6) is 0 Å². The van der Waals surface area contributed by atoms with Crippen LogP contribution in [0.15, 0.2) is 29.2 Å². The summed E-state index contributed by atoms with van der Waals surface area (Å²) >= 11 is 0. The Labute approximate surface area is 114 Å². The molecule has 1 aliphatic heterocycles. The lowest BCUT2D eigenvalue weighted by Crippen LogP contribution is -2.51. The van der Waals surface area contributed by atoms with Crippen LogP contribution in [0, 0.1) is 0 Å². The molecule has 1 aromatic rings. The zero-order valence-electron chi connectivity index (χ0n) is 11.3. The molecule has 1 atom stereocenters. The highest BCUT2D eigenvalue weighted by atomic mass is 32.2. The minimum absolute atomic E-state index is 0.186. The topological polar surface area (TPSA) is 58.6 Å². The molecule has 1 fully saturated rings. The van der Waals surface area contributed by atoms with Gasteiger partial charge in [-0.1, -0.05) is 12.1 Å². The van der Waals surface area contributed by atoms with Gasteiger partial charge in [0.25, 0.3) is 0 Å². The lowest BCUT2D eigenvalue weighted by molar-refractivity contribution is 0.184. The predicted molar refractivity (Wildman–Crippen MR) is 73.4 cm³/mol. The average molecular weight is 284 g/mol. The Hall–Kier alpha value is -0.950. The highest BCUT2D eigenvalue weighted by Gasteiger charge is 2.28. The van der Waals surface area contributed by atoms with Gasteiger partial charge in [0.1, 0.15) is 0 Å². The number of hydrogen-bond acceptors (Lipinski definition) is 4. The van der Waals surface area contributed by atoms with Gasteiger partial charge in [-0.25, -0.2) is 8.42 Å². The van der Waals surface area contributed by atoms with E-state index in [-0.39, 0.29) is 6.04 Å². The van der Waals surface area contributed by atoms with E-state index in [9.17, 15) is 8.42 Å². The zero-order valence-corrected chi connectivity index (χ0v) is 12.1. The second-order valence-corrected chi connectivity index (χ2v) is 6.74. The fourth-order valence-electron chi connectivity index (χ4n) is 2.23. The van der Waals surface area contributed by atoms with Gasteiger partial charge in [-0.15, -0.1) is 0 Å². The molecule has 19 heavy (non-hydrogen) atoms. The molecule has 0 aromatic heterocycles. The number of nitrogens with one attached hydrogen (secondary N) is 1. The van der Waals surface area contributed by atoms with Gasteiger partial charge in [0, 0.05) is 32.8 Å². The summed E-state index contributed by atoms with van der Waals surface area (Å²) in [6.45, 7) is 4.13. The first kappa shape index (κ1) is 14.5. The maximum Gasteiger partial charge on any atom is 0.243 e. The Balaban J connectivity index is 2.25. The second kappa shape index (κ2) is 6.00. The number of rotatable bonds is 4. The summed E-state index contributed by atoms with van der Waals surface area (Å²) in [6.07, 6.45) is 0. The molecule has 1 saturated heterocycles. The van der Waals surface area contributed by atoms with Gasteiger partial charge in [-0.05, 0) is 24.6 Å². The summed E-state index contributed by atoms with van der Waals surface area (Å²) < 4.78 is 31.7. The van der Waals surface area contributed by atoms with E-state index in [1.54, 1.807) is 29.6 Å². The van der Waals surface area contributed by atoms with E-state index in [2.05, 4.69) is 5.32 Å². The average Bonchev–Trinajstić information content (AvgIpc) is 2.39. The summed E-state index contributed by atoms with van der Waals surface area (Å²) in [4.78, 5) is 0.344. The first-order valence-electron chi connectivity index (χ1n) is 6.35. The third-order valence-corrected chi connectivity index (χ3v) is 5.04. The maximum atomic E-state index is 12.5. The van der Waals surface area contributed by atoms with Gasteiger partial charge in [-0.2, -0.15) is 4.31 Å². The molecular formula is C13H20N2O3S. The van der Waals surface area contributed by atoms with Crippen LogP contribution < -0.4 is 5.32 Å². The Kier molecular flexibility index (Phi) is 4.57. The van der Waals surface area contributed by atoms with Crippen molar-refractivity contribution in [3.05, 3.63) is 29.8 Å². The number of methoxy groups -OCH3 is 1. The highest BCUT2D eigenvalue weighted by molar-refractivity contribution is 7.89. The molecule has 2 rings (SSSR count). The van der Waals surface area contributed by atoms with Crippen molar-refractivity contribution in [1.29, 1.82) is 0 Å². The van der Waals surface area contributed by atoms with Gasteiger partial charge in [0.15, 0.2) is 0 Å². The SMILES string of the molecule is COCc1cccc(S(=O)(=O)N2CCNC(C)C2)c1.